The topological polar surface area (TPSA) is 88.1 Å². The van der Waals surface area contributed by atoms with E-state index in [4.69, 9.17) is 4.74 Å². The second-order valence-electron chi connectivity index (χ2n) is 5.01. The van der Waals surface area contributed by atoms with Gasteiger partial charge in [-0.05, 0) is 31.2 Å². The Morgan fingerprint density at radius 2 is 1.96 bits per heavy atom. The van der Waals surface area contributed by atoms with Gasteiger partial charge in [0.2, 0.25) is 5.91 Å². The van der Waals surface area contributed by atoms with Gasteiger partial charge in [0.05, 0.1) is 0 Å². The summed E-state index contributed by atoms with van der Waals surface area (Å²) in [4.78, 5) is 35.2. The molecule has 0 fully saturated rings. The molecule has 23 heavy (non-hydrogen) atoms. The van der Waals surface area contributed by atoms with Crippen LogP contribution in [-0.4, -0.2) is 41.7 Å². The quantitative estimate of drug-likeness (QED) is 0.847. The zero-order valence-electron chi connectivity index (χ0n) is 12.7. The number of ether oxygens (including phenoxy) is 1. The Bertz CT molecular complexity index is 657. The summed E-state index contributed by atoms with van der Waals surface area (Å²) in [5.74, 6) is -1.91. The zero-order valence-corrected chi connectivity index (χ0v) is 12.7. The van der Waals surface area contributed by atoms with Crippen molar-refractivity contribution in [2.24, 2.45) is 5.10 Å². The predicted molar refractivity (Wildman–Crippen MR) is 80.0 cm³/mol. The minimum atomic E-state index is -1.06. The van der Waals surface area contributed by atoms with Gasteiger partial charge in [-0.15, -0.1) is 0 Å². The zero-order chi connectivity index (χ0) is 17.0. The van der Waals surface area contributed by atoms with E-state index in [0.29, 0.717) is 5.69 Å². The molecule has 0 aliphatic carbocycles. The first-order valence-corrected chi connectivity index (χ1v) is 6.98. The Hall–Kier alpha value is -2.77. The van der Waals surface area contributed by atoms with E-state index in [9.17, 15) is 18.8 Å². The normalized spacial score (nSPS) is 15.7. The highest BCUT2D eigenvalue weighted by atomic mass is 19.1. The van der Waals surface area contributed by atoms with Crippen molar-refractivity contribution < 1.29 is 23.5 Å². The fourth-order valence-corrected chi connectivity index (χ4v) is 1.88. The molecule has 0 unspecified atom stereocenters. The molecule has 1 N–H and O–H groups in total. The van der Waals surface area contributed by atoms with E-state index < -0.39 is 23.8 Å². The number of carbonyl (C=O) groups is 3. The van der Waals surface area contributed by atoms with Crippen molar-refractivity contribution in [2.75, 3.05) is 12.4 Å². The van der Waals surface area contributed by atoms with E-state index in [-0.39, 0.29) is 24.5 Å². The fraction of sp³-hybridized carbons (Fsp3) is 0.333. The van der Waals surface area contributed by atoms with Crippen molar-refractivity contribution >= 4 is 29.2 Å². The first-order valence-electron chi connectivity index (χ1n) is 6.98. The SMILES string of the molecule is C[C@H](OC(=O)C1=NN(C)C(=O)CC1)C(=O)Nc1ccc(F)cc1. The number of nitrogens with one attached hydrogen (secondary N) is 1. The first kappa shape index (κ1) is 16.6. The van der Waals surface area contributed by atoms with Crippen LogP contribution >= 0.6 is 0 Å². The Kier molecular flexibility index (Phi) is 5.05. The van der Waals surface area contributed by atoms with E-state index in [1.807, 2.05) is 0 Å². The van der Waals surface area contributed by atoms with Crippen molar-refractivity contribution in [2.45, 2.75) is 25.9 Å². The van der Waals surface area contributed by atoms with Crippen LogP contribution < -0.4 is 5.32 Å². The number of benzene rings is 1. The lowest BCUT2D eigenvalue weighted by molar-refractivity contribution is -0.146. The summed E-state index contributed by atoms with van der Waals surface area (Å²) < 4.78 is 17.8. The van der Waals surface area contributed by atoms with Gasteiger partial charge in [-0.25, -0.2) is 14.2 Å². The molecule has 2 amide bonds. The summed E-state index contributed by atoms with van der Waals surface area (Å²) in [6.07, 6.45) is -0.715. The summed E-state index contributed by atoms with van der Waals surface area (Å²) >= 11 is 0. The van der Waals surface area contributed by atoms with Crippen LogP contribution in [0.1, 0.15) is 19.8 Å². The summed E-state index contributed by atoms with van der Waals surface area (Å²) in [5, 5.41) is 7.40. The van der Waals surface area contributed by atoms with Gasteiger partial charge in [-0.2, -0.15) is 5.10 Å². The number of hydrogen-bond acceptors (Lipinski definition) is 5. The van der Waals surface area contributed by atoms with Crippen LogP contribution in [0.3, 0.4) is 0 Å². The highest BCUT2D eigenvalue weighted by molar-refractivity contribution is 6.37. The third-order valence-corrected chi connectivity index (χ3v) is 3.21. The monoisotopic (exact) mass is 321 g/mol. The Labute approximate surface area is 132 Å². The number of carbonyl (C=O) groups excluding carboxylic acids is 3. The van der Waals surface area contributed by atoms with Gasteiger partial charge in [0.15, 0.2) is 6.10 Å². The smallest absolute Gasteiger partial charge is 0.355 e. The Balaban J connectivity index is 1.93. The minimum Gasteiger partial charge on any atom is -0.448 e. The average Bonchev–Trinajstić information content (AvgIpc) is 2.52. The van der Waals surface area contributed by atoms with Crippen LogP contribution in [-0.2, 0) is 19.1 Å². The summed E-state index contributed by atoms with van der Waals surface area (Å²) in [7, 11) is 1.44. The molecule has 1 atom stereocenters. The standard InChI is InChI=1S/C15H16FN3O4/c1-9(14(21)17-11-5-3-10(16)4-6-11)23-15(22)12-7-8-13(20)19(2)18-12/h3-6,9H,7-8H2,1-2H3,(H,17,21)/t9-/m0/s1. The van der Waals surface area contributed by atoms with Crippen molar-refractivity contribution in [1.29, 1.82) is 0 Å². The molecule has 2 rings (SSSR count). The predicted octanol–water partition coefficient (Wildman–Crippen LogP) is 1.30. The summed E-state index contributed by atoms with van der Waals surface area (Å²) in [6.45, 7) is 1.41. The van der Waals surface area contributed by atoms with Crippen molar-refractivity contribution in [3.63, 3.8) is 0 Å². The molecule has 1 aromatic carbocycles. The van der Waals surface area contributed by atoms with Crippen LogP contribution in [0, 0.1) is 5.82 Å². The summed E-state index contributed by atoms with van der Waals surface area (Å²) in [5.41, 5.74) is 0.480. The molecular weight excluding hydrogens is 305 g/mol. The molecule has 7 nitrogen and oxygen atoms in total. The van der Waals surface area contributed by atoms with Crippen LogP contribution in [0.2, 0.25) is 0 Å². The molecule has 1 aliphatic heterocycles. The number of esters is 1. The van der Waals surface area contributed by atoms with Crippen LogP contribution in [0.4, 0.5) is 10.1 Å². The van der Waals surface area contributed by atoms with Crippen LogP contribution in [0.5, 0.6) is 0 Å². The van der Waals surface area contributed by atoms with E-state index in [1.54, 1.807) is 0 Å². The molecule has 8 heteroatoms. The largest absolute Gasteiger partial charge is 0.448 e. The van der Waals surface area contributed by atoms with Gasteiger partial charge in [0, 0.05) is 25.6 Å². The molecule has 122 valence electrons. The highest BCUT2D eigenvalue weighted by Crippen LogP contribution is 2.11. The lowest BCUT2D eigenvalue weighted by Gasteiger charge is -2.20. The number of halogens is 1. The van der Waals surface area contributed by atoms with Crippen molar-refractivity contribution in [1.82, 2.24) is 5.01 Å². The van der Waals surface area contributed by atoms with Crippen LogP contribution in [0.25, 0.3) is 0 Å². The van der Waals surface area contributed by atoms with Crippen molar-refractivity contribution in [3.05, 3.63) is 30.1 Å². The average molecular weight is 321 g/mol. The fourth-order valence-electron chi connectivity index (χ4n) is 1.88. The lowest BCUT2D eigenvalue weighted by atomic mass is 10.2. The van der Waals surface area contributed by atoms with E-state index in [1.165, 1.54) is 38.2 Å². The number of anilines is 1. The molecule has 0 bridgehead atoms. The second-order valence-corrected chi connectivity index (χ2v) is 5.01. The molecule has 1 aliphatic rings. The van der Waals surface area contributed by atoms with E-state index in [0.717, 1.165) is 5.01 Å². The third-order valence-electron chi connectivity index (χ3n) is 3.21. The minimum absolute atomic E-state index is 0.0912. The van der Waals surface area contributed by atoms with Gasteiger partial charge in [-0.1, -0.05) is 0 Å². The maximum Gasteiger partial charge on any atom is 0.355 e. The number of nitrogens with zero attached hydrogens (tertiary/aromatic N) is 2. The third kappa shape index (κ3) is 4.35. The number of hydrazone groups is 1. The summed E-state index contributed by atoms with van der Waals surface area (Å²) in [6, 6.07) is 5.20. The van der Waals surface area contributed by atoms with Crippen LogP contribution in [0.15, 0.2) is 29.4 Å². The molecule has 0 radical (unpaired) electrons. The number of amides is 2. The van der Waals surface area contributed by atoms with Gasteiger partial charge >= 0.3 is 5.97 Å². The van der Waals surface area contributed by atoms with Gasteiger partial charge in [0.25, 0.3) is 5.91 Å². The molecule has 0 spiro atoms. The molecule has 0 saturated heterocycles. The maximum absolute atomic E-state index is 12.8. The second kappa shape index (κ2) is 6.99. The number of rotatable bonds is 4. The van der Waals surface area contributed by atoms with Gasteiger partial charge in [-0.3, -0.25) is 9.59 Å². The first-order chi connectivity index (χ1) is 10.9. The number of hydrogen-bond donors (Lipinski definition) is 1. The molecule has 0 aromatic heterocycles. The Morgan fingerprint density at radius 3 is 2.57 bits per heavy atom. The van der Waals surface area contributed by atoms with Gasteiger partial charge < -0.3 is 10.1 Å². The lowest BCUT2D eigenvalue weighted by Crippen LogP contribution is -2.36. The van der Waals surface area contributed by atoms with Crippen molar-refractivity contribution in [3.8, 4) is 0 Å². The molecular formula is C15H16FN3O4. The van der Waals surface area contributed by atoms with E-state index >= 15 is 0 Å². The van der Waals surface area contributed by atoms with Gasteiger partial charge in [0.1, 0.15) is 11.5 Å². The molecule has 0 saturated carbocycles. The maximum atomic E-state index is 12.8. The van der Waals surface area contributed by atoms with E-state index in [2.05, 4.69) is 10.4 Å². The molecule has 1 aromatic rings. The Morgan fingerprint density at radius 1 is 1.30 bits per heavy atom. The highest BCUT2D eigenvalue weighted by Gasteiger charge is 2.26. The molecule has 1 heterocycles.